The first-order chi connectivity index (χ1) is 10.5. The summed E-state index contributed by atoms with van der Waals surface area (Å²) >= 11 is 0. The first-order valence-electron chi connectivity index (χ1n) is 6.50. The van der Waals surface area contributed by atoms with Gasteiger partial charge in [-0.2, -0.15) is 8.78 Å². The second-order valence-electron chi connectivity index (χ2n) is 4.57. The summed E-state index contributed by atoms with van der Waals surface area (Å²) in [4.78, 5) is 12.2. The van der Waals surface area contributed by atoms with Gasteiger partial charge in [0.1, 0.15) is 0 Å². The maximum atomic E-state index is 12.3. The highest BCUT2D eigenvalue weighted by Crippen LogP contribution is 2.29. The van der Waals surface area contributed by atoms with Gasteiger partial charge in [0.25, 0.3) is 5.91 Å². The molecule has 2 rings (SSSR count). The van der Waals surface area contributed by atoms with E-state index in [1.165, 1.54) is 25.3 Å². The van der Waals surface area contributed by atoms with E-state index in [2.05, 4.69) is 10.1 Å². The molecule has 2 aromatic rings. The number of carbonyl (C=O) groups excluding carboxylic acids is 1. The third-order valence-corrected chi connectivity index (χ3v) is 2.92. The molecule has 0 bridgehead atoms. The monoisotopic (exact) mass is 307 g/mol. The molecule has 0 fully saturated rings. The Morgan fingerprint density at radius 2 is 1.91 bits per heavy atom. The van der Waals surface area contributed by atoms with Gasteiger partial charge in [-0.1, -0.05) is 12.1 Å². The summed E-state index contributed by atoms with van der Waals surface area (Å²) in [7, 11) is 1.32. The van der Waals surface area contributed by atoms with Crippen molar-refractivity contribution in [1.82, 2.24) is 0 Å². The number of amides is 1. The molecule has 0 saturated carbocycles. The normalized spacial score (nSPS) is 10.4. The molecule has 22 heavy (non-hydrogen) atoms. The number of hydrogen-bond acceptors (Lipinski definition) is 3. The zero-order valence-electron chi connectivity index (χ0n) is 12.1. The van der Waals surface area contributed by atoms with E-state index in [1.807, 2.05) is 25.1 Å². The Kier molecular flexibility index (Phi) is 4.93. The van der Waals surface area contributed by atoms with Crippen molar-refractivity contribution in [2.75, 3.05) is 12.4 Å². The van der Waals surface area contributed by atoms with Gasteiger partial charge in [-0.3, -0.25) is 4.79 Å². The fourth-order valence-corrected chi connectivity index (χ4v) is 1.93. The Hall–Kier alpha value is -2.63. The lowest BCUT2D eigenvalue weighted by molar-refractivity contribution is -0.0512. The fourth-order valence-electron chi connectivity index (χ4n) is 1.93. The quantitative estimate of drug-likeness (QED) is 0.912. The van der Waals surface area contributed by atoms with Crippen LogP contribution in [0.5, 0.6) is 11.5 Å². The van der Waals surface area contributed by atoms with Crippen LogP contribution in [0.25, 0.3) is 0 Å². The van der Waals surface area contributed by atoms with Crippen LogP contribution >= 0.6 is 0 Å². The first kappa shape index (κ1) is 15.8. The van der Waals surface area contributed by atoms with Gasteiger partial charge in [-0.15, -0.1) is 0 Å². The van der Waals surface area contributed by atoms with Crippen LogP contribution in [0.3, 0.4) is 0 Å². The molecule has 1 amide bonds. The van der Waals surface area contributed by atoms with Gasteiger partial charge < -0.3 is 14.8 Å². The number of methoxy groups -OCH3 is 1. The molecule has 0 aliphatic carbocycles. The van der Waals surface area contributed by atoms with E-state index in [-0.39, 0.29) is 23.0 Å². The number of anilines is 1. The van der Waals surface area contributed by atoms with Crippen LogP contribution in [-0.4, -0.2) is 19.6 Å². The van der Waals surface area contributed by atoms with Crippen LogP contribution in [0.2, 0.25) is 0 Å². The van der Waals surface area contributed by atoms with E-state index < -0.39 is 6.61 Å². The maximum Gasteiger partial charge on any atom is 0.387 e. The van der Waals surface area contributed by atoms with Crippen molar-refractivity contribution < 1.29 is 23.0 Å². The Labute approximate surface area is 126 Å². The Bertz CT molecular complexity index is 674. The lowest BCUT2D eigenvalue weighted by atomic mass is 10.1. The van der Waals surface area contributed by atoms with Crippen molar-refractivity contribution in [2.24, 2.45) is 0 Å². The van der Waals surface area contributed by atoms with E-state index in [9.17, 15) is 13.6 Å². The lowest BCUT2D eigenvalue weighted by Gasteiger charge is -2.11. The van der Waals surface area contributed by atoms with Gasteiger partial charge >= 0.3 is 6.61 Å². The number of carbonyl (C=O) groups is 1. The lowest BCUT2D eigenvalue weighted by Crippen LogP contribution is -2.12. The third-order valence-electron chi connectivity index (χ3n) is 2.92. The number of rotatable bonds is 5. The molecule has 0 spiro atoms. The van der Waals surface area contributed by atoms with Gasteiger partial charge in [0.2, 0.25) is 0 Å². The number of ether oxygens (including phenoxy) is 2. The van der Waals surface area contributed by atoms with Crippen LogP contribution in [0, 0.1) is 6.92 Å². The van der Waals surface area contributed by atoms with Crippen LogP contribution in [0.4, 0.5) is 14.5 Å². The average Bonchev–Trinajstić information content (AvgIpc) is 2.47. The van der Waals surface area contributed by atoms with Crippen molar-refractivity contribution >= 4 is 11.6 Å². The number of nitrogens with one attached hydrogen (secondary N) is 1. The standard InChI is InChI=1S/C16H15F2NO3/c1-10-4-3-5-12(8-10)19-15(20)11-6-7-13(22-16(17)18)14(9-11)21-2/h3-9,16H,1-2H3,(H,19,20). The molecule has 0 radical (unpaired) electrons. The van der Waals surface area contributed by atoms with Crippen LogP contribution in [-0.2, 0) is 0 Å². The Balaban J connectivity index is 2.19. The Morgan fingerprint density at radius 3 is 2.55 bits per heavy atom. The summed E-state index contributed by atoms with van der Waals surface area (Å²) in [6.07, 6.45) is 0. The van der Waals surface area contributed by atoms with E-state index in [0.29, 0.717) is 5.69 Å². The Morgan fingerprint density at radius 1 is 1.14 bits per heavy atom. The van der Waals surface area contributed by atoms with Gasteiger partial charge in [0.15, 0.2) is 11.5 Å². The maximum absolute atomic E-state index is 12.3. The second kappa shape index (κ2) is 6.89. The molecule has 2 aromatic carbocycles. The van der Waals surface area contributed by atoms with Gasteiger partial charge in [0.05, 0.1) is 7.11 Å². The molecule has 0 unspecified atom stereocenters. The average molecular weight is 307 g/mol. The van der Waals surface area contributed by atoms with Gasteiger partial charge in [-0.05, 0) is 42.8 Å². The van der Waals surface area contributed by atoms with Crippen molar-refractivity contribution in [3.05, 3.63) is 53.6 Å². The highest BCUT2D eigenvalue weighted by atomic mass is 19.3. The molecule has 116 valence electrons. The number of hydrogen-bond donors (Lipinski definition) is 1. The first-order valence-corrected chi connectivity index (χ1v) is 6.50. The second-order valence-corrected chi connectivity index (χ2v) is 4.57. The van der Waals surface area contributed by atoms with E-state index in [0.717, 1.165) is 5.56 Å². The molecule has 0 aliphatic rings. The number of aryl methyl sites for hydroxylation is 1. The molecule has 0 aliphatic heterocycles. The summed E-state index contributed by atoms with van der Waals surface area (Å²) < 4.78 is 33.8. The predicted molar refractivity (Wildman–Crippen MR) is 78.8 cm³/mol. The van der Waals surface area contributed by atoms with Crippen molar-refractivity contribution in [3.8, 4) is 11.5 Å². The fraction of sp³-hybridized carbons (Fsp3) is 0.188. The van der Waals surface area contributed by atoms with E-state index >= 15 is 0 Å². The smallest absolute Gasteiger partial charge is 0.387 e. The molecule has 0 saturated heterocycles. The molecular formula is C16H15F2NO3. The summed E-state index contributed by atoms with van der Waals surface area (Å²) in [6, 6.07) is 11.3. The minimum absolute atomic E-state index is 0.0668. The molecular weight excluding hydrogens is 292 g/mol. The summed E-state index contributed by atoms with van der Waals surface area (Å²) in [5.41, 5.74) is 1.94. The molecule has 6 heteroatoms. The number of benzene rings is 2. The molecule has 1 N–H and O–H groups in total. The summed E-state index contributed by atoms with van der Waals surface area (Å²) in [5, 5.41) is 2.73. The summed E-state index contributed by atoms with van der Waals surface area (Å²) in [5.74, 6) is -0.422. The SMILES string of the molecule is COc1cc(C(=O)Nc2cccc(C)c2)ccc1OC(F)F. The van der Waals surface area contributed by atoms with Crippen LogP contribution < -0.4 is 14.8 Å². The molecule has 0 heterocycles. The molecule has 0 aromatic heterocycles. The zero-order chi connectivity index (χ0) is 16.1. The molecule has 4 nitrogen and oxygen atoms in total. The zero-order valence-corrected chi connectivity index (χ0v) is 12.1. The molecule has 0 atom stereocenters. The highest BCUT2D eigenvalue weighted by Gasteiger charge is 2.14. The highest BCUT2D eigenvalue weighted by molar-refractivity contribution is 6.04. The van der Waals surface area contributed by atoms with Gasteiger partial charge in [0, 0.05) is 11.3 Å². The van der Waals surface area contributed by atoms with Crippen molar-refractivity contribution in [2.45, 2.75) is 13.5 Å². The van der Waals surface area contributed by atoms with E-state index in [1.54, 1.807) is 6.07 Å². The number of halogens is 2. The summed E-state index contributed by atoms with van der Waals surface area (Å²) in [6.45, 7) is -1.05. The van der Waals surface area contributed by atoms with Crippen molar-refractivity contribution in [1.29, 1.82) is 0 Å². The largest absolute Gasteiger partial charge is 0.493 e. The van der Waals surface area contributed by atoms with Crippen LogP contribution in [0.1, 0.15) is 15.9 Å². The third kappa shape index (κ3) is 3.94. The minimum atomic E-state index is -2.96. The number of alkyl halides is 2. The van der Waals surface area contributed by atoms with E-state index in [4.69, 9.17) is 4.74 Å². The van der Waals surface area contributed by atoms with Gasteiger partial charge in [-0.25, -0.2) is 0 Å². The minimum Gasteiger partial charge on any atom is -0.493 e. The van der Waals surface area contributed by atoms with Crippen molar-refractivity contribution in [3.63, 3.8) is 0 Å². The topological polar surface area (TPSA) is 47.6 Å². The predicted octanol–water partition coefficient (Wildman–Crippen LogP) is 3.86. The van der Waals surface area contributed by atoms with Crippen LogP contribution in [0.15, 0.2) is 42.5 Å².